The van der Waals surface area contributed by atoms with E-state index in [4.69, 9.17) is 0 Å². The smallest absolute Gasteiger partial charge is 0.229 e. The van der Waals surface area contributed by atoms with Crippen molar-refractivity contribution in [1.82, 2.24) is 19.5 Å². The van der Waals surface area contributed by atoms with Gasteiger partial charge in [-0.1, -0.05) is 26.8 Å². The highest BCUT2D eigenvalue weighted by molar-refractivity contribution is 7.91. The van der Waals surface area contributed by atoms with Gasteiger partial charge >= 0.3 is 0 Å². The average molecular weight is 491 g/mol. The lowest BCUT2D eigenvalue weighted by Gasteiger charge is -2.19. The van der Waals surface area contributed by atoms with E-state index in [9.17, 15) is 8.42 Å². The second-order valence-corrected chi connectivity index (χ2v) is 11.8. The molecule has 0 spiro atoms. The normalized spacial score (nSPS) is 11.9. The number of nitrogens with zero attached hydrogens (tertiary/aromatic N) is 4. The van der Waals surface area contributed by atoms with Crippen LogP contribution < -0.4 is 10.6 Å². The molecule has 2 N–H and O–H groups in total. The topological polar surface area (TPSA) is 102 Å². The van der Waals surface area contributed by atoms with Crippen LogP contribution in [-0.4, -0.2) is 33.7 Å². The van der Waals surface area contributed by atoms with Gasteiger partial charge in [0.1, 0.15) is 5.82 Å². The molecular weight excluding hydrogens is 460 g/mol. The van der Waals surface area contributed by atoms with E-state index in [-0.39, 0.29) is 11.2 Å². The zero-order chi connectivity index (χ0) is 25.2. The van der Waals surface area contributed by atoms with Crippen LogP contribution in [0.1, 0.15) is 31.9 Å². The van der Waals surface area contributed by atoms with Crippen LogP contribution in [0.25, 0.3) is 5.69 Å². The number of aryl methyl sites for hydroxylation is 2. The van der Waals surface area contributed by atoms with Crippen LogP contribution in [-0.2, 0) is 9.84 Å². The molecule has 8 nitrogen and oxygen atoms in total. The third kappa shape index (κ3) is 6.05. The summed E-state index contributed by atoms with van der Waals surface area (Å²) in [5.74, 6) is 1.10. The Balaban J connectivity index is 1.55. The lowest BCUT2D eigenvalue weighted by atomic mass is 10.0. The Morgan fingerprint density at radius 1 is 0.943 bits per heavy atom. The molecule has 2 heterocycles. The van der Waals surface area contributed by atoms with Gasteiger partial charge in [-0.15, -0.1) is 0 Å². The first-order valence-corrected chi connectivity index (χ1v) is 12.9. The molecule has 2 aromatic carbocycles. The fourth-order valence-corrected chi connectivity index (χ4v) is 5.84. The van der Waals surface area contributed by atoms with Gasteiger partial charge in [0.2, 0.25) is 5.95 Å². The van der Waals surface area contributed by atoms with E-state index in [2.05, 4.69) is 25.6 Å². The maximum atomic E-state index is 13.0. The molecule has 0 unspecified atom stereocenters. The minimum Gasteiger partial charge on any atom is -0.340 e. The van der Waals surface area contributed by atoms with E-state index in [1.807, 2.05) is 81.8 Å². The highest BCUT2D eigenvalue weighted by Crippen LogP contribution is 2.28. The minimum absolute atomic E-state index is 0.0739. The summed E-state index contributed by atoms with van der Waals surface area (Å²) in [6.45, 7) is 9.48. The molecule has 35 heavy (non-hydrogen) atoms. The first kappa shape index (κ1) is 24.4. The van der Waals surface area contributed by atoms with Crippen LogP contribution >= 0.6 is 0 Å². The molecule has 4 aromatic rings. The van der Waals surface area contributed by atoms with Gasteiger partial charge in [0.05, 0.1) is 17.0 Å². The van der Waals surface area contributed by atoms with Crippen molar-refractivity contribution in [2.45, 2.75) is 39.5 Å². The van der Waals surface area contributed by atoms with Crippen LogP contribution in [0.3, 0.4) is 0 Å². The molecule has 0 saturated heterocycles. The van der Waals surface area contributed by atoms with Gasteiger partial charge in [-0.3, -0.25) is 0 Å². The van der Waals surface area contributed by atoms with Crippen LogP contribution in [0.15, 0.2) is 72.3 Å². The number of hydrogen-bond donors (Lipinski definition) is 2. The van der Waals surface area contributed by atoms with Crippen molar-refractivity contribution < 1.29 is 8.42 Å². The fraction of sp³-hybridized carbons (Fsp3) is 0.269. The summed E-state index contributed by atoms with van der Waals surface area (Å²) in [5, 5.41) is 6.48. The van der Waals surface area contributed by atoms with Crippen molar-refractivity contribution in [3.63, 3.8) is 0 Å². The Morgan fingerprint density at radius 3 is 2.31 bits per heavy atom. The second kappa shape index (κ2) is 9.50. The Hall–Kier alpha value is -3.72. The summed E-state index contributed by atoms with van der Waals surface area (Å²) >= 11 is 0. The molecule has 0 bridgehead atoms. The molecule has 0 fully saturated rings. The van der Waals surface area contributed by atoms with Crippen molar-refractivity contribution in [2.24, 2.45) is 5.41 Å². The second-order valence-electron chi connectivity index (χ2n) is 9.79. The van der Waals surface area contributed by atoms with Crippen LogP contribution in [0.2, 0.25) is 0 Å². The standard InChI is InChI=1S/C26H30N6O2S/c1-18-6-7-21(14-23(18)35(33,34)16-26(3,4)5)29-24-19(2)15-28-25(31-24)30-20-8-10-22(11-9-20)32-13-12-27-17-32/h6-15,17H,16H2,1-5H3,(H2,28,29,30,31). The molecule has 0 amide bonds. The van der Waals surface area contributed by atoms with Crippen LogP contribution in [0.5, 0.6) is 0 Å². The summed E-state index contributed by atoms with van der Waals surface area (Å²) in [5.41, 5.74) is 3.72. The van der Waals surface area contributed by atoms with Crippen molar-refractivity contribution in [3.05, 3.63) is 78.5 Å². The number of nitrogens with one attached hydrogen (secondary N) is 2. The number of benzene rings is 2. The summed E-state index contributed by atoms with van der Waals surface area (Å²) in [6.07, 6.45) is 7.09. The highest BCUT2D eigenvalue weighted by atomic mass is 32.2. The van der Waals surface area contributed by atoms with Crippen molar-refractivity contribution in [1.29, 1.82) is 0 Å². The van der Waals surface area contributed by atoms with Gasteiger partial charge in [-0.05, 0) is 61.2 Å². The van der Waals surface area contributed by atoms with Gasteiger partial charge in [0.25, 0.3) is 0 Å². The van der Waals surface area contributed by atoms with Crippen molar-refractivity contribution in [2.75, 3.05) is 16.4 Å². The number of rotatable bonds is 7. The molecule has 0 aliphatic rings. The van der Waals surface area contributed by atoms with Crippen LogP contribution in [0, 0.1) is 19.3 Å². The van der Waals surface area contributed by atoms with Gasteiger partial charge < -0.3 is 15.2 Å². The molecular formula is C26H30N6O2S. The first-order valence-electron chi connectivity index (χ1n) is 11.3. The molecule has 0 aliphatic heterocycles. The largest absolute Gasteiger partial charge is 0.340 e. The highest BCUT2D eigenvalue weighted by Gasteiger charge is 2.25. The van der Waals surface area contributed by atoms with E-state index >= 15 is 0 Å². The molecule has 9 heteroatoms. The van der Waals surface area contributed by atoms with E-state index in [0.29, 0.717) is 22.3 Å². The molecule has 0 atom stereocenters. The number of imidazole rings is 1. The summed E-state index contributed by atoms with van der Waals surface area (Å²) in [7, 11) is -3.43. The summed E-state index contributed by atoms with van der Waals surface area (Å²) in [4.78, 5) is 13.4. The van der Waals surface area contributed by atoms with Crippen molar-refractivity contribution in [3.8, 4) is 5.69 Å². The van der Waals surface area contributed by atoms with Crippen LogP contribution in [0.4, 0.5) is 23.1 Å². The monoisotopic (exact) mass is 490 g/mol. The molecule has 4 rings (SSSR count). The maximum absolute atomic E-state index is 13.0. The fourth-order valence-electron chi connectivity index (χ4n) is 3.68. The molecule has 2 aromatic heterocycles. The third-order valence-electron chi connectivity index (χ3n) is 5.31. The Morgan fingerprint density at radius 2 is 1.66 bits per heavy atom. The predicted molar refractivity (Wildman–Crippen MR) is 140 cm³/mol. The lowest BCUT2D eigenvalue weighted by Crippen LogP contribution is -2.21. The Bertz CT molecular complexity index is 1420. The molecule has 182 valence electrons. The SMILES string of the molecule is Cc1ccc(Nc2nc(Nc3ccc(-n4ccnc4)cc3)ncc2C)cc1S(=O)(=O)CC(C)(C)C. The Kier molecular flexibility index (Phi) is 6.62. The van der Waals surface area contributed by atoms with E-state index in [1.54, 1.807) is 24.8 Å². The molecule has 0 saturated carbocycles. The predicted octanol–water partition coefficient (Wildman–Crippen LogP) is 5.59. The zero-order valence-electron chi connectivity index (χ0n) is 20.6. The van der Waals surface area contributed by atoms with Gasteiger partial charge in [-0.25, -0.2) is 18.4 Å². The van der Waals surface area contributed by atoms with E-state index in [1.165, 1.54) is 0 Å². The van der Waals surface area contributed by atoms with Gasteiger partial charge in [0.15, 0.2) is 9.84 Å². The number of aromatic nitrogens is 4. The quantitative estimate of drug-likeness (QED) is 0.348. The Labute approximate surface area is 206 Å². The first-order chi connectivity index (χ1) is 16.5. The number of sulfone groups is 1. The van der Waals surface area contributed by atoms with Gasteiger partial charge in [-0.2, -0.15) is 4.98 Å². The average Bonchev–Trinajstić information content (AvgIpc) is 3.31. The maximum Gasteiger partial charge on any atom is 0.229 e. The number of hydrogen-bond acceptors (Lipinski definition) is 7. The zero-order valence-corrected chi connectivity index (χ0v) is 21.4. The summed E-state index contributed by atoms with van der Waals surface area (Å²) < 4.78 is 28.0. The van der Waals surface area contributed by atoms with E-state index in [0.717, 1.165) is 22.5 Å². The number of anilines is 4. The lowest BCUT2D eigenvalue weighted by molar-refractivity contribution is 0.461. The minimum atomic E-state index is -3.43. The molecule has 0 radical (unpaired) electrons. The summed E-state index contributed by atoms with van der Waals surface area (Å²) in [6, 6.07) is 13.2. The van der Waals surface area contributed by atoms with E-state index < -0.39 is 9.84 Å². The third-order valence-corrected chi connectivity index (χ3v) is 7.66. The van der Waals surface area contributed by atoms with Gasteiger partial charge in [0, 0.05) is 41.2 Å². The molecule has 0 aliphatic carbocycles. The van der Waals surface area contributed by atoms with Crippen molar-refractivity contribution >= 4 is 33.0 Å².